The average Bonchev–Trinajstić information content (AvgIpc) is 2.76. The van der Waals surface area contributed by atoms with Crippen molar-refractivity contribution < 1.29 is 9.18 Å². The lowest BCUT2D eigenvalue weighted by molar-refractivity contribution is -0.121. The summed E-state index contributed by atoms with van der Waals surface area (Å²) in [6.07, 6.45) is 4.11. The minimum absolute atomic E-state index is 0.00478. The molecule has 6 heteroatoms. The van der Waals surface area contributed by atoms with Gasteiger partial charge in [-0.05, 0) is 49.4 Å². The Kier molecular flexibility index (Phi) is 6.35. The summed E-state index contributed by atoms with van der Waals surface area (Å²) in [5.74, 6) is 0.606. The quantitative estimate of drug-likeness (QED) is 0.616. The summed E-state index contributed by atoms with van der Waals surface area (Å²) in [5, 5.41) is 7.88. The number of rotatable bonds is 6. The molecule has 0 atom stereocenters. The molecule has 2 N–H and O–H groups in total. The molecule has 0 aliphatic heterocycles. The Balaban J connectivity index is 1.32. The first kappa shape index (κ1) is 21.1. The summed E-state index contributed by atoms with van der Waals surface area (Å²) in [6, 6.07) is 16.9. The molecule has 4 rings (SSSR count). The Labute approximate surface area is 182 Å². The number of fused-ring (bicyclic) bond motifs is 1. The maximum absolute atomic E-state index is 13.0. The lowest BCUT2D eigenvalue weighted by atomic mass is 9.91. The lowest BCUT2D eigenvalue weighted by Gasteiger charge is -2.30. The van der Waals surface area contributed by atoms with Crippen molar-refractivity contribution in [2.24, 2.45) is 0 Å². The van der Waals surface area contributed by atoms with Gasteiger partial charge in [0.15, 0.2) is 0 Å². The molecule has 0 radical (unpaired) electrons. The van der Waals surface area contributed by atoms with Crippen LogP contribution in [0.2, 0.25) is 0 Å². The highest BCUT2D eigenvalue weighted by Crippen LogP contribution is 2.29. The van der Waals surface area contributed by atoms with Crippen LogP contribution in [0, 0.1) is 5.82 Å². The van der Waals surface area contributed by atoms with Gasteiger partial charge < -0.3 is 15.5 Å². The monoisotopic (exact) mass is 420 g/mol. The van der Waals surface area contributed by atoms with Crippen molar-refractivity contribution in [3.8, 4) is 0 Å². The normalized spacial score (nSPS) is 18.5. The van der Waals surface area contributed by atoms with Gasteiger partial charge in [-0.1, -0.05) is 30.3 Å². The van der Waals surface area contributed by atoms with Crippen LogP contribution in [-0.4, -0.2) is 37.1 Å². The molecule has 2 aromatic carbocycles. The molecule has 0 unspecified atom stereocenters. The first-order chi connectivity index (χ1) is 15.0. The largest absolute Gasteiger partial charge is 0.377 e. The van der Waals surface area contributed by atoms with Gasteiger partial charge in [0.2, 0.25) is 5.91 Å². The van der Waals surface area contributed by atoms with E-state index in [9.17, 15) is 9.18 Å². The highest BCUT2D eigenvalue weighted by molar-refractivity contribution is 5.93. The predicted octanol–water partition coefficient (Wildman–Crippen LogP) is 4.52. The van der Waals surface area contributed by atoms with E-state index in [1.807, 2.05) is 32.3 Å². The van der Waals surface area contributed by atoms with E-state index in [1.54, 1.807) is 12.1 Å². The Morgan fingerprint density at radius 1 is 1.03 bits per heavy atom. The molecule has 5 nitrogen and oxygen atoms in total. The zero-order chi connectivity index (χ0) is 21.8. The Morgan fingerprint density at radius 3 is 2.42 bits per heavy atom. The summed E-state index contributed by atoms with van der Waals surface area (Å²) in [5.41, 5.74) is 2.96. The van der Waals surface area contributed by atoms with Crippen LogP contribution in [0.15, 0.2) is 54.6 Å². The van der Waals surface area contributed by atoms with E-state index in [0.29, 0.717) is 6.04 Å². The fraction of sp³-hybridized carbons (Fsp3) is 0.360. The van der Waals surface area contributed by atoms with Crippen molar-refractivity contribution in [3.63, 3.8) is 0 Å². The zero-order valence-electron chi connectivity index (χ0n) is 18.1. The molecule has 31 heavy (non-hydrogen) atoms. The number of hydrogen-bond acceptors (Lipinski definition) is 4. The number of amides is 1. The highest BCUT2D eigenvalue weighted by Gasteiger charge is 2.23. The van der Waals surface area contributed by atoms with Gasteiger partial charge in [-0.15, -0.1) is 0 Å². The standard InChI is InChI=1S/C25H29FN4O/c1-30(2)23-16-24(29-22-6-4-3-5-21(22)23)27-19-11-13-20(14-12-19)28-25(31)15-17-7-9-18(26)10-8-17/h3-10,16,19-20H,11-15H2,1-2H3,(H,27,29)(H,28,31). The minimum atomic E-state index is -0.284. The van der Waals surface area contributed by atoms with Crippen molar-refractivity contribution >= 4 is 28.3 Å². The maximum atomic E-state index is 13.0. The van der Waals surface area contributed by atoms with Crippen molar-refractivity contribution in [3.05, 3.63) is 66.0 Å². The van der Waals surface area contributed by atoms with Crippen molar-refractivity contribution in [2.75, 3.05) is 24.3 Å². The minimum Gasteiger partial charge on any atom is -0.377 e. The van der Waals surface area contributed by atoms with E-state index in [-0.39, 0.29) is 24.2 Å². The number of nitrogens with zero attached hydrogens (tertiary/aromatic N) is 2. The van der Waals surface area contributed by atoms with E-state index < -0.39 is 0 Å². The van der Waals surface area contributed by atoms with Crippen LogP contribution in [-0.2, 0) is 11.2 Å². The number of pyridine rings is 1. The number of carbonyl (C=O) groups excluding carboxylic acids is 1. The third-order valence-electron chi connectivity index (χ3n) is 5.90. The second kappa shape index (κ2) is 9.33. The van der Waals surface area contributed by atoms with Crippen molar-refractivity contribution in [2.45, 2.75) is 44.2 Å². The molecule has 3 aromatic rings. The van der Waals surface area contributed by atoms with Crippen LogP contribution in [0.5, 0.6) is 0 Å². The SMILES string of the molecule is CN(C)c1cc(NC2CCC(NC(=O)Cc3ccc(F)cc3)CC2)nc2ccccc12. The first-order valence-corrected chi connectivity index (χ1v) is 10.9. The topological polar surface area (TPSA) is 57.3 Å². The number of aromatic nitrogens is 1. The van der Waals surface area contributed by atoms with Gasteiger partial charge in [0.05, 0.1) is 11.9 Å². The number of nitrogens with one attached hydrogen (secondary N) is 2. The van der Waals surface area contributed by atoms with Crippen molar-refractivity contribution in [1.29, 1.82) is 0 Å². The van der Waals surface area contributed by atoms with Gasteiger partial charge in [0, 0.05) is 43.3 Å². The highest BCUT2D eigenvalue weighted by atomic mass is 19.1. The fourth-order valence-electron chi connectivity index (χ4n) is 4.26. The van der Waals surface area contributed by atoms with E-state index in [0.717, 1.165) is 53.7 Å². The van der Waals surface area contributed by atoms with E-state index in [4.69, 9.17) is 4.98 Å². The fourth-order valence-corrected chi connectivity index (χ4v) is 4.26. The maximum Gasteiger partial charge on any atom is 0.224 e. The lowest BCUT2D eigenvalue weighted by Crippen LogP contribution is -2.40. The second-order valence-corrected chi connectivity index (χ2v) is 8.50. The molecule has 1 aliphatic carbocycles. The second-order valence-electron chi connectivity index (χ2n) is 8.50. The van der Waals surface area contributed by atoms with Crippen molar-refractivity contribution in [1.82, 2.24) is 10.3 Å². The average molecular weight is 421 g/mol. The molecule has 1 aromatic heterocycles. The third kappa shape index (κ3) is 5.32. The summed E-state index contributed by atoms with van der Waals surface area (Å²) in [4.78, 5) is 19.2. The van der Waals surface area contributed by atoms with E-state index in [2.05, 4.69) is 27.7 Å². The molecule has 0 saturated heterocycles. The summed E-state index contributed by atoms with van der Waals surface area (Å²) >= 11 is 0. The first-order valence-electron chi connectivity index (χ1n) is 10.9. The van der Waals surface area contributed by atoms with E-state index in [1.165, 1.54) is 12.1 Å². The number of carbonyl (C=O) groups is 1. The molecular weight excluding hydrogens is 391 g/mol. The van der Waals surface area contributed by atoms with Gasteiger partial charge >= 0.3 is 0 Å². The predicted molar refractivity (Wildman–Crippen MR) is 124 cm³/mol. The Hall–Kier alpha value is -3.15. The Morgan fingerprint density at radius 2 is 1.71 bits per heavy atom. The van der Waals surface area contributed by atoms with Crippen LogP contribution in [0.3, 0.4) is 0 Å². The smallest absolute Gasteiger partial charge is 0.224 e. The molecule has 1 fully saturated rings. The number of benzene rings is 2. The Bertz CT molecular complexity index is 1040. The zero-order valence-corrected chi connectivity index (χ0v) is 18.1. The molecule has 162 valence electrons. The summed E-state index contributed by atoms with van der Waals surface area (Å²) in [6.45, 7) is 0. The molecule has 1 heterocycles. The third-order valence-corrected chi connectivity index (χ3v) is 5.90. The number of halogens is 1. The van der Waals surface area contributed by atoms with Crippen LogP contribution in [0.4, 0.5) is 15.9 Å². The molecule has 1 amide bonds. The van der Waals surface area contributed by atoms with Gasteiger partial charge in [0.1, 0.15) is 11.6 Å². The summed E-state index contributed by atoms with van der Waals surface area (Å²) < 4.78 is 13.0. The molecule has 1 aliphatic rings. The number of anilines is 2. The van der Waals surface area contributed by atoms with Gasteiger partial charge in [0.25, 0.3) is 0 Å². The molecule has 1 saturated carbocycles. The summed E-state index contributed by atoms with van der Waals surface area (Å²) in [7, 11) is 4.09. The van der Waals surface area contributed by atoms with E-state index >= 15 is 0 Å². The van der Waals surface area contributed by atoms with Crippen LogP contribution in [0.25, 0.3) is 10.9 Å². The molecule has 0 spiro atoms. The van der Waals surface area contributed by atoms with Crippen LogP contribution < -0.4 is 15.5 Å². The number of hydrogen-bond donors (Lipinski definition) is 2. The molecular formula is C25H29FN4O. The molecule has 0 bridgehead atoms. The van der Waals surface area contributed by atoms with Gasteiger partial charge in [-0.25, -0.2) is 9.37 Å². The van der Waals surface area contributed by atoms with Crippen LogP contribution in [0.1, 0.15) is 31.2 Å². The van der Waals surface area contributed by atoms with Gasteiger partial charge in [-0.3, -0.25) is 4.79 Å². The van der Waals surface area contributed by atoms with Crippen LogP contribution >= 0.6 is 0 Å². The number of para-hydroxylation sites is 1. The van der Waals surface area contributed by atoms with Gasteiger partial charge in [-0.2, -0.15) is 0 Å².